The molecule has 2 rings (SSSR count). The second kappa shape index (κ2) is 10.1. The van der Waals surface area contributed by atoms with Gasteiger partial charge >= 0.3 is 0 Å². The van der Waals surface area contributed by atoms with Gasteiger partial charge in [-0.2, -0.15) is 5.10 Å². The molecule has 9 heteroatoms. The van der Waals surface area contributed by atoms with Gasteiger partial charge in [0.25, 0.3) is 11.8 Å². The Morgan fingerprint density at radius 3 is 2.75 bits per heavy atom. The predicted molar refractivity (Wildman–Crippen MR) is 111 cm³/mol. The van der Waals surface area contributed by atoms with Crippen LogP contribution in [0.25, 0.3) is 0 Å². The minimum Gasteiger partial charge on any atom is -0.503 e. The fraction of sp³-hybridized carbons (Fsp3) is 0.211. The molecule has 1 atom stereocenters. The third-order valence-corrected chi connectivity index (χ3v) is 4.58. The number of carbonyl (C=O) groups excluding carboxylic acids is 2. The van der Waals surface area contributed by atoms with Gasteiger partial charge in [-0.05, 0) is 59.6 Å². The maximum absolute atomic E-state index is 12.2. The second-order valence-electron chi connectivity index (χ2n) is 5.69. The topological polar surface area (TPSA) is 100 Å². The van der Waals surface area contributed by atoms with E-state index in [4.69, 9.17) is 16.3 Å². The monoisotopic (exact) mass is 467 g/mol. The number of hydrogen-bond acceptors (Lipinski definition) is 5. The number of benzene rings is 2. The molecule has 0 saturated carbocycles. The average molecular weight is 469 g/mol. The number of halogens is 2. The van der Waals surface area contributed by atoms with Crippen molar-refractivity contribution in [2.75, 3.05) is 6.61 Å². The lowest BCUT2D eigenvalue weighted by Gasteiger charge is -2.13. The number of phenolic OH excluding ortho intramolecular Hbond substituents is 1. The van der Waals surface area contributed by atoms with Crippen LogP contribution >= 0.6 is 27.5 Å². The molecule has 0 bridgehead atoms. The minimum atomic E-state index is -0.806. The lowest BCUT2D eigenvalue weighted by atomic mass is 10.2. The summed E-state index contributed by atoms with van der Waals surface area (Å²) in [6, 6.07) is 9.12. The summed E-state index contributed by atoms with van der Waals surface area (Å²) in [4.78, 5) is 24.4. The van der Waals surface area contributed by atoms with Crippen LogP contribution in [0, 0.1) is 0 Å². The van der Waals surface area contributed by atoms with Crippen molar-refractivity contribution in [2.24, 2.45) is 5.10 Å². The maximum Gasteiger partial charge on any atom is 0.262 e. The molecule has 0 aliphatic rings. The number of carbonyl (C=O) groups is 2. The first kappa shape index (κ1) is 21.7. The first-order valence-corrected chi connectivity index (χ1v) is 9.54. The predicted octanol–water partition coefficient (Wildman–Crippen LogP) is 3.48. The summed E-state index contributed by atoms with van der Waals surface area (Å²) in [5.74, 6) is -0.817. The molecule has 3 N–H and O–H groups in total. The second-order valence-corrected chi connectivity index (χ2v) is 6.95. The van der Waals surface area contributed by atoms with Crippen molar-refractivity contribution < 1.29 is 19.4 Å². The van der Waals surface area contributed by atoms with Gasteiger partial charge < -0.3 is 15.2 Å². The summed E-state index contributed by atoms with van der Waals surface area (Å²) in [5, 5.41) is 16.4. The highest BCUT2D eigenvalue weighted by Crippen LogP contribution is 2.34. The molecular formula is C19H19BrClN3O4. The maximum atomic E-state index is 12.2. The molecule has 148 valence electrons. The average Bonchev–Trinajstić information content (AvgIpc) is 2.66. The van der Waals surface area contributed by atoms with Gasteiger partial charge in [-0.1, -0.05) is 23.7 Å². The summed E-state index contributed by atoms with van der Waals surface area (Å²) in [6.07, 6.45) is 1.36. The first-order valence-electron chi connectivity index (χ1n) is 8.37. The molecule has 0 heterocycles. The van der Waals surface area contributed by atoms with Crippen LogP contribution in [0.5, 0.6) is 11.5 Å². The molecule has 1 unspecified atom stereocenters. The van der Waals surface area contributed by atoms with E-state index in [1.165, 1.54) is 12.3 Å². The fourth-order valence-corrected chi connectivity index (χ4v) is 2.87. The molecule has 0 spiro atoms. The van der Waals surface area contributed by atoms with E-state index in [1.807, 2.05) is 0 Å². The van der Waals surface area contributed by atoms with E-state index in [-0.39, 0.29) is 22.4 Å². The highest BCUT2D eigenvalue weighted by atomic mass is 79.9. The quantitative estimate of drug-likeness (QED) is 0.428. The first-order chi connectivity index (χ1) is 13.3. The zero-order valence-electron chi connectivity index (χ0n) is 15.2. The van der Waals surface area contributed by atoms with Gasteiger partial charge in [0.05, 0.1) is 23.4 Å². The number of rotatable bonds is 7. The number of hydrogen-bond donors (Lipinski definition) is 3. The van der Waals surface area contributed by atoms with Crippen molar-refractivity contribution in [2.45, 2.75) is 19.9 Å². The van der Waals surface area contributed by atoms with Gasteiger partial charge in [0.15, 0.2) is 11.5 Å². The summed E-state index contributed by atoms with van der Waals surface area (Å²) < 4.78 is 5.92. The Kier molecular flexibility index (Phi) is 7.83. The van der Waals surface area contributed by atoms with E-state index >= 15 is 0 Å². The molecule has 0 fully saturated rings. The SMILES string of the molecule is CCOc1cc(/C=N/NC(=O)C(C)NC(=O)c2ccccc2Br)cc(Cl)c1O. The molecule has 0 aliphatic heterocycles. The van der Waals surface area contributed by atoms with Crippen LogP contribution in [0.2, 0.25) is 5.02 Å². The number of aromatic hydroxyl groups is 1. The molecular weight excluding hydrogens is 450 g/mol. The normalized spacial score (nSPS) is 11.9. The number of ether oxygens (including phenoxy) is 1. The Morgan fingerprint density at radius 2 is 2.07 bits per heavy atom. The van der Waals surface area contributed by atoms with E-state index in [0.717, 1.165) is 0 Å². The smallest absolute Gasteiger partial charge is 0.262 e. The zero-order chi connectivity index (χ0) is 20.7. The summed E-state index contributed by atoms with van der Waals surface area (Å²) in [6.45, 7) is 3.68. The molecule has 0 aromatic heterocycles. The zero-order valence-corrected chi connectivity index (χ0v) is 17.5. The third kappa shape index (κ3) is 5.71. The van der Waals surface area contributed by atoms with E-state index in [9.17, 15) is 14.7 Å². The van der Waals surface area contributed by atoms with Gasteiger partial charge in [0, 0.05) is 4.47 Å². The van der Waals surface area contributed by atoms with Crippen LogP contribution in [0.15, 0.2) is 46.0 Å². The van der Waals surface area contributed by atoms with Crippen molar-refractivity contribution in [1.82, 2.24) is 10.7 Å². The Balaban J connectivity index is 1.97. The Labute approximate surface area is 175 Å². The van der Waals surface area contributed by atoms with E-state index < -0.39 is 11.9 Å². The summed E-state index contributed by atoms with van der Waals surface area (Å²) in [5.41, 5.74) is 3.29. The number of amides is 2. The number of hydrazone groups is 1. The van der Waals surface area contributed by atoms with Crippen LogP contribution in [0.3, 0.4) is 0 Å². The van der Waals surface area contributed by atoms with E-state index in [2.05, 4.69) is 31.8 Å². The highest BCUT2D eigenvalue weighted by Gasteiger charge is 2.17. The molecule has 2 aromatic carbocycles. The van der Waals surface area contributed by atoms with Crippen molar-refractivity contribution in [3.63, 3.8) is 0 Å². The number of nitrogens with zero attached hydrogens (tertiary/aromatic N) is 1. The van der Waals surface area contributed by atoms with Gasteiger partial charge in [-0.15, -0.1) is 0 Å². The van der Waals surface area contributed by atoms with Crippen LogP contribution in [-0.2, 0) is 4.79 Å². The summed E-state index contributed by atoms with van der Waals surface area (Å²) >= 11 is 9.24. The van der Waals surface area contributed by atoms with E-state index in [1.54, 1.807) is 44.2 Å². The number of phenols is 1. The molecule has 0 radical (unpaired) electrons. The van der Waals surface area contributed by atoms with Gasteiger partial charge in [-0.25, -0.2) is 5.43 Å². The largest absolute Gasteiger partial charge is 0.503 e. The van der Waals surface area contributed by atoms with Crippen LogP contribution in [-0.4, -0.2) is 35.8 Å². The Hall–Kier alpha value is -2.58. The Morgan fingerprint density at radius 1 is 1.36 bits per heavy atom. The van der Waals surface area contributed by atoms with E-state index in [0.29, 0.717) is 22.2 Å². The standard InChI is InChI=1S/C19H19BrClN3O4/c1-3-28-16-9-12(8-15(21)17(16)25)10-22-24-18(26)11(2)23-19(27)13-6-4-5-7-14(13)20/h4-11,25H,3H2,1-2H3,(H,23,27)(H,24,26)/b22-10+. The lowest BCUT2D eigenvalue weighted by molar-refractivity contribution is -0.122. The number of nitrogens with one attached hydrogen (secondary N) is 2. The molecule has 0 aliphatic carbocycles. The minimum absolute atomic E-state index is 0.104. The van der Waals surface area contributed by atoms with Crippen molar-refractivity contribution in [1.29, 1.82) is 0 Å². The molecule has 2 amide bonds. The molecule has 0 saturated heterocycles. The Bertz CT molecular complexity index is 905. The highest BCUT2D eigenvalue weighted by molar-refractivity contribution is 9.10. The van der Waals surface area contributed by atoms with Crippen molar-refractivity contribution in [3.05, 3.63) is 57.0 Å². The third-order valence-electron chi connectivity index (χ3n) is 3.60. The van der Waals surface area contributed by atoms with Crippen LogP contribution in [0.4, 0.5) is 0 Å². The fourth-order valence-electron chi connectivity index (χ4n) is 2.19. The molecule has 7 nitrogen and oxygen atoms in total. The summed E-state index contributed by atoms with van der Waals surface area (Å²) in [7, 11) is 0. The van der Waals surface area contributed by atoms with Crippen LogP contribution < -0.4 is 15.5 Å². The van der Waals surface area contributed by atoms with Gasteiger partial charge in [-0.3, -0.25) is 9.59 Å². The van der Waals surface area contributed by atoms with Gasteiger partial charge in [0.2, 0.25) is 0 Å². The van der Waals surface area contributed by atoms with Crippen molar-refractivity contribution in [3.8, 4) is 11.5 Å². The molecule has 28 heavy (non-hydrogen) atoms. The van der Waals surface area contributed by atoms with Gasteiger partial charge in [0.1, 0.15) is 6.04 Å². The van der Waals surface area contributed by atoms with Crippen LogP contribution in [0.1, 0.15) is 29.8 Å². The van der Waals surface area contributed by atoms with Crippen molar-refractivity contribution >= 4 is 45.6 Å². The lowest BCUT2D eigenvalue weighted by Crippen LogP contribution is -2.43. The molecule has 2 aromatic rings.